The van der Waals surface area contributed by atoms with Gasteiger partial charge in [-0.25, -0.2) is 0 Å². The van der Waals surface area contributed by atoms with E-state index in [2.05, 4.69) is 0 Å². The minimum Gasteiger partial charge on any atom is -0.490 e. The number of ether oxygens (including phenoxy) is 2. The van der Waals surface area contributed by atoms with Crippen LogP contribution in [0.1, 0.15) is 26.3 Å². The minimum atomic E-state index is -0.287. The molecule has 124 valence electrons. The van der Waals surface area contributed by atoms with Crippen LogP contribution in [0.25, 0.3) is 6.08 Å². The molecule has 1 aromatic rings. The fourth-order valence-electron chi connectivity index (χ4n) is 2.14. The number of rotatable bonds is 6. The van der Waals surface area contributed by atoms with Crippen LogP contribution in [0.15, 0.2) is 17.0 Å². The predicted molar refractivity (Wildman–Crippen MR) is 92.1 cm³/mol. The van der Waals surface area contributed by atoms with Gasteiger partial charge in [0.2, 0.25) is 0 Å². The van der Waals surface area contributed by atoms with Crippen LogP contribution in [-0.4, -0.2) is 35.8 Å². The highest BCUT2D eigenvalue weighted by Crippen LogP contribution is 2.39. The molecule has 1 aliphatic rings. The number of imide groups is 1. The van der Waals surface area contributed by atoms with E-state index in [4.69, 9.17) is 21.1 Å². The Morgan fingerprint density at radius 2 is 1.87 bits per heavy atom. The molecule has 1 aliphatic heterocycles. The number of hydrogen-bond donors (Lipinski definition) is 0. The number of likely N-dealkylation sites (N-methyl/N-ethyl adjacent to an activating group) is 1. The lowest BCUT2D eigenvalue weighted by Gasteiger charge is -2.13. The summed E-state index contributed by atoms with van der Waals surface area (Å²) in [5.41, 5.74) is 0.684. The molecule has 23 heavy (non-hydrogen) atoms. The van der Waals surface area contributed by atoms with Gasteiger partial charge in [0.15, 0.2) is 11.5 Å². The van der Waals surface area contributed by atoms with Crippen LogP contribution in [0.3, 0.4) is 0 Å². The van der Waals surface area contributed by atoms with Crippen molar-refractivity contribution in [3.63, 3.8) is 0 Å². The van der Waals surface area contributed by atoms with E-state index < -0.39 is 0 Å². The van der Waals surface area contributed by atoms with Gasteiger partial charge in [0.05, 0.1) is 23.1 Å². The lowest BCUT2D eigenvalue weighted by molar-refractivity contribution is -0.122. The number of carbonyl (C=O) groups excluding carboxylic acids is 2. The van der Waals surface area contributed by atoms with E-state index in [1.54, 1.807) is 25.1 Å². The highest BCUT2D eigenvalue weighted by Gasteiger charge is 2.33. The van der Waals surface area contributed by atoms with E-state index in [-0.39, 0.29) is 11.1 Å². The molecule has 0 aliphatic carbocycles. The van der Waals surface area contributed by atoms with Crippen molar-refractivity contribution in [2.75, 3.05) is 19.8 Å². The van der Waals surface area contributed by atoms with Crippen LogP contribution in [0.2, 0.25) is 5.02 Å². The molecule has 2 amide bonds. The molecule has 0 saturated carbocycles. The normalized spacial score (nSPS) is 16.3. The zero-order valence-corrected chi connectivity index (χ0v) is 14.8. The van der Waals surface area contributed by atoms with Crippen molar-refractivity contribution in [2.24, 2.45) is 0 Å². The summed E-state index contributed by atoms with van der Waals surface area (Å²) < 4.78 is 11.1. The molecule has 1 fully saturated rings. The molecule has 0 aromatic heterocycles. The van der Waals surface area contributed by atoms with Crippen molar-refractivity contribution in [3.8, 4) is 11.5 Å². The molecule has 2 rings (SSSR count). The molecule has 0 atom stereocenters. The summed E-state index contributed by atoms with van der Waals surface area (Å²) in [4.78, 5) is 25.5. The second-order valence-electron chi connectivity index (χ2n) is 4.62. The van der Waals surface area contributed by atoms with Gasteiger partial charge < -0.3 is 9.47 Å². The van der Waals surface area contributed by atoms with Crippen LogP contribution in [0, 0.1) is 0 Å². The molecule has 0 unspecified atom stereocenters. The first kappa shape index (κ1) is 17.7. The Hall–Kier alpha value is -1.66. The molecular formula is C16H18ClNO4S. The zero-order chi connectivity index (χ0) is 17.0. The Morgan fingerprint density at radius 3 is 2.43 bits per heavy atom. The number of hydrogen-bond acceptors (Lipinski definition) is 5. The third kappa shape index (κ3) is 3.82. The molecular weight excluding hydrogens is 338 g/mol. The number of benzene rings is 1. The third-order valence-electron chi connectivity index (χ3n) is 3.11. The summed E-state index contributed by atoms with van der Waals surface area (Å²) in [6, 6.07) is 3.44. The molecule has 5 nitrogen and oxygen atoms in total. The molecule has 1 saturated heterocycles. The van der Waals surface area contributed by atoms with E-state index in [1.165, 1.54) is 4.90 Å². The first-order chi connectivity index (χ1) is 11.0. The van der Waals surface area contributed by atoms with Crippen LogP contribution in [-0.2, 0) is 4.79 Å². The number of thioether (sulfide) groups is 1. The summed E-state index contributed by atoms with van der Waals surface area (Å²) >= 11 is 7.18. The summed E-state index contributed by atoms with van der Waals surface area (Å²) in [5.74, 6) is 0.711. The molecule has 0 bridgehead atoms. The molecule has 0 radical (unpaired) electrons. The molecule has 0 spiro atoms. The van der Waals surface area contributed by atoms with Gasteiger partial charge in [-0.2, -0.15) is 0 Å². The van der Waals surface area contributed by atoms with Gasteiger partial charge in [0, 0.05) is 6.54 Å². The maximum atomic E-state index is 12.1. The number of nitrogens with zero attached hydrogens (tertiary/aromatic N) is 1. The number of halogens is 1. The fourth-order valence-corrected chi connectivity index (χ4v) is 3.32. The average Bonchev–Trinajstić information content (AvgIpc) is 2.77. The van der Waals surface area contributed by atoms with Gasteiger partial charge in [-0.3, -0.25) is 14.5 Å². The van der Waals surface area contributed by atoms with E-state index in [9.17, 15) is 9.59 Å². The van der Waals surface area contributed by atoms with Gasteiger partial charge in [-0.1, -0.05) is 11.6 Å². The van der Waals surface area contributed by atoms with Gasteiger partial charge in [-0.15, -0.1) is 0 Å². The summed E-state index contributed by atoms with van der Waals surface area (Å²) in [7, 11) is 0. The van der Waals surface area contributed by atoms with Gasteiger partial charge >= 0.3 is 0 Å². The monoisotopic (exact) mass is 355 g/mol. The zero-order valence-electron chi connectivity index (χ0n) is 13.2. The highest BCUT2D eigenvalue weighted by molar-refractivity contribution is 8.18. The smallest absolute Gasteiger partial charge is 0.293 e. The second kappa shape index (κ2) is 7.75. The third-order valence-corrected chi connectivity index (χ3v) is 4.30. The second-order valence-corrected chi connectivity index (χ2v) is 6.02. The Labute approximate surface area is 144 Å². The quantitative estimate of drug-likeness (QED) is 0.716. The largest absolute Gasteiger partial charge is 0.490 e. The maximum absolute atomic E-state index is 12.1. The Kier molecular flexibility index (Phi) is 5.96. The molecule has 1 heterocycles. The first-order valence-corrected chi connectivity index (χ1v) is 8.55. The summed E-state index contributed by atoms with van der Waals surface area (Å²) in [6.07, 6.45) is 1.64. The van der Waals surface area contributed by atoms with Gasteiger partial charge in [-0.05, 0) is 56.3 Å². The van der Waals surface area contributed by atoms with Crippen LogP contribution in [0.4, 0.5) is 4.79 Å². The number of carbonyl (C=O) groups is 2. The van der Waals surface area contributed by atoms with E-state index in [1.807, 2.05) is 13.8 Å². The minimum absolute atomic E-state index is 0.259. The Morgan fingerprint density at radius 1 is 1.17 bits per heavy atom. The highest BCUT2D eigenvalue weighted by atomic mass is 35.5. The standard InChI is InChI=1S/C16H18ClNO4S/c1-4-18-15(19)13(23-16(18)20)9-10-7-11(17)14(22-6-3)12(8-10)21-5-2/h7-9H,4-6H2,1-3H3/b13-9+. The van der Waals surface area contributed by atoms with Crippen LogP contribution < -0.4 is 9.47 Å². The average molecular weight is 356 g/mol. The summed E-state index contributed by atoms with van der Waals surface area (Å²) in [6.45, 7) is 6.78. The maximum Gasteiger partial charge on any atom is 0.293 e. The first-order valence-electron chi connectivity index (χ1n) is 7.36. The van der Waals surface area contributed by atoms with Crippen molar-refractivity contribution in [2.45, 2.75) is 20.8 Å². The van der Waals surface area contributed by atoms with Crippen molar-refractivity contribution < 1.29 is 19.1 Å². The topological polar surface area (TPSA) is 55.8 Å². The lowest BCUT2D eigenvalue weighted by Crippen LogP contribution is -2.27. The van der Waals surface area contributed by atoms with E-state index in [0.29, 0.717) is 46.7 Å². The van der Waals surface area contributed by atoms with Crippen molar-refractivity contribution in [1.82, 2.24) is 4.90 Å². The van der Waals surface area contributed by atoms with Crippen molar-refractivity contribution in [3.05, 3.63) is 27.6 Å². The van der Waals surface area contributed by atoms with Crippen LogP contribution >= 0.6 is 23.4 Å². The fraction of sp³-hybridized carbons (Fsp3) is 0.375. The Balaban J connectivity index is 2.39. The number of amides is 2. The van der Waals surface area contributed by atoms with Crippen molar-refractivity contribution >= 4 is 40.6 Å². The molecule has 0 N–H and O–H groups in total. The van der Waals surface area contributed by atoms with Gasteiger partial charge in [0.1, 0.15) is 0 Å². The lowest BCUT2D eigenvalue weighted by atomic mass is 10.1. The van der Waals surface area contributed by atoms with Gasteiger partial charge in [0.25, 0.3) is 11.1 Å². The predicted octanol–water partition coefficient (Wildman–Crippen LogP) is 4.19. The summed E-state index contributed by atoms with van der Waals surface area (Å²) in [5, 5.41) is 0.143. The van der Waals surface area contributed by atoms with Crippen molar-refractivity contribution in [1.29, 1.82) is 0 Å². The van der Waals surface area contributed by atoms with E-state index in [0.717, 1.165) is 11.8 Å². The van der Waals surface area contributed by atoms with Crippen LogP contribution in [0.5, 0.6) is 11.5 Å². The molecule has 7 heteroatoms. The molecule has 1 aromatic carbocycles. The Bertz CT molecular complexity index is 660. The SMILES string of the molecule is CCOc1cc(/C=C2/SC(=O)N(CC)C2=O)cc(Cl)c1OCC. The van der Waals surface area contributed by atoms with E-state index >= 15 is 0 Å².